The third kappa shape index (κ3) is 1.84. The number of hydrogen-bond acceptors (Lipinski definition) is 3. The quantitative estimate of drug-likeness (QED) is 0.684. The number of aromatic nitrogens is 3. The van der Waals surface area contributed by atoms with Crippen LogP contribution in [0.3, 0.4) is 0 Å². The van der Waals surface area contributed by atoms with Crippen molar-refractivity contribution in [3.05, 3.63) is 66.5 Å². The molecule has 0 aliphatic rings. The zero-order valence-corrected chi connectivity index (χ0v) is 10.1. The minimum atomic E-state index is 0.166. The molecule has 0 spiro atoms. The van der Waals surface area contributed by atoms with E-state index < -0.39 is 0 Å². The average molecular weight is 235 g/mol. The maximum absolute atomic E-state index is 4.24. The maximum Gasteiger partial charge on any atom is 0.139 e. The number of benzene rings is 2. The highest BCUT2D eigenvalue weighted by molar-refractivity contribution is 5.86. The van der Waals surface area contributed by atoms with Gasteiger partial charge in [-0.1, -0.05) is 49.4 Å². The van der Waals surface area contributed by atoms with Gasteiger partial charge in [0.05, 0.1) is 0 Å². The minimum absolute atomic E-state index is 0.166. The van der Waals surface area contributed by atoms with Crippen molar-refractivity contribution in [3.8, 4) is 0 Å². The van der Waals surface area contributed by atoms with Crippen LogP contribution in [0, 0.1) is 0 Å². The van der Waals surface area contributed by atoms with E-state index in [1.54, 1.807) is 12.7 Å². The molecule has 18 heavy (non-hydrogen) atoms. The van der Waals surface area contributed by atoms with Crippen LogP contribution in [0.1, 0.15) is 24.2 Å². The van der Waals surface area contributed by atoms with E-state index in [0.717, 1.165) is 5.82 Å². The second-order valence-electron chi connectivity index (χ2n) is 4.29. The molecule has 2 aromatic carbocycles. The summed E-state index contributed by atoms with van der Waals surface area (Å²) in [6.07, 6.45) is 3.09. The second kappa shape index (κ2) is 4.53. The molecule has 0 aliphatic carbocycles. The monoisotopic (exact) mass is 235 g/mol. The normalized spacial score (nSPS) is 12.5. The van der Waals surface area contributed by atoms with Gasteiger partial charge in [-0.3, -0.25) is 0 Å². The number of rotatable bonds is 2. The summed E-state index contributed by atoms with van der Waals surface area (Å²) in [5, 5.41) is 2.50. The van der Waals surface area contributed by atoms with E-state index in [4.69, 9.17) is 0 Å². The van der Waals surface area contributed by atoms with Gasteiger partial charge >= 0.3 is 0 Å². The number of nitrogens with zero attached hydrogens (tertiary/aromatic N) is 3. The van der Waals surface area contributed by atoms with E-state index in [1.807, 2.05) is 0 Å². The summed E-state index contributed by atoms with van der Waals surface area (Å²) < 4.78 is 0. The molecule has 88 valence electrons. The molecule has 0 saturated carbocycles. The average Bonchev–Trinajstić information content (AvgIpc) is 2.47. The van der Waals surface area contributed by atoms with Crippen LogP contribution in [-0.4, -0.2) is 15.0 Å². The van der Waals surface area contributed by atoms with Crippen LogP contribution in [0.4, 0.5) is 0 Å². The van der Waals surface area contributed by atoms with Gasteiger partial charge in [-0.05, 0) is 16.3 Å². The minimum Gasteiger partial charge on any atom is -0.225 e. The van der Waals surface area contributed by atoms with Crippen LogP contribution in [0.25, 0.3) is 10.8 Å². The Morgan fingerprint density at radius 2 is 1.61 bits per heavy atom. The summed E-state index contributed by atoms with van der Waals surface area (Å²) in [6, 6.07) is 14.7. The Kier molecular flexibility index (Phi) is 2.73. The molecule has 0 saturated heterocycles. The van der Waals surface area contributed by atoms with Crippen molar-refractivity contribution >= 4 is 10.8 Å². The van der Waals surface area contributed by atoms with Crippen LogP contribution in [0.5, 0.6) is 0 Å². The number of fused-ring (bicyclic) bond motifs is 1. The maximum atomic E-state index is 4.24. The zero-order valence-electron chi connectivity index (χ0n) is 10.1. The molecular formula is C15H13N3. The second-order valence-corrected chi connectivity index (χ2v) is 4.29. The Morgan fingerprint density at radius 1 is 0.889 bits per heavy atom. The summed E-state index contributed by atoms with van der Waals surface area (Å²) in [5.74, 6) is 0.973. The van der Waals surface area contributed by atoms with E-state index in [-0.39, 0.29) is 5.92 Å². The van der Waals surface area contributed by atoms with E-state index >= 15 is 0 Å². The molecule has 0 bridgehead atoms. The van der Waals surface area contributed by atoms with Crippen molar-refractivity contribution in [2.24, 2.45) is 0 Å². The van der Waals surface area contributed by atoms with Crippen molar-refractivity contribution in [3.63, 3.8) is 0 Å². The summed E-state index contributed by atoms with van der Waals surface area (Å²) in [4.78, 5) is 12.3. The highest BCUT2D eigenvalue weighted by atomic mass is 15.0. The third-order valence-corrected chi connectivity index (χ3v) is 3.19. The fourth-order valence-electron chi connectivity index (χ4n) is 2.24. The molecule has 1 aromatic heterocycles. The smallest absolute Gasteiger partial charge is 0.139 e. The van der Waals surface area contributed by atoms with Crippen molar-refractivity contribution in [1.82, 2.24) is 15.0 Å². The van der Waals surface area contributed by atoms with Gasteiger partial charge in [0, 0.05) is 5.92 Å². The summed E-state index contributed by atoms with van der Waals surface area (Å²) in [5.41, 5.74) is 1.25. The molecule has 1 unspecified atom stereocenters. The first-order valence-electron chi connectivity index (χ1n) is 5.96. The standard InChI is InChI=1S/C15H13N3/c1-11(15-17-9-16-10-18-15)13-8-4-6-12-5-2-3-7-14(12)13/h2-11H,1H3. The fourth-order valence-corrected chi connectivity index (χ4v) is 2.24. The van der Waals surface area contributed by atoms with E-state index in [2.05, 4.69) is 64.3 Å². The molecule has 0 fully saturated rings. The molecular weight excluding hydrogens is 222 g/mol. The summed E-state index contributed by atoms with van der Waals surface area (Å²) in [6.45, 7) is 2.12. The van der Waals surface area contributed by atoms with E-state index in [1.165, 1.54) is 16.3 Å². The first-order valence-corrected chi connectivity index (χ1v) is 5.96. The van der Waals surface area contributed by atoms with Crippen molar-refractivity contribution < 1.29 is 0 Å². The van der Waals surface area contributed by atoms with Gasteiger partial charge in [0.25, 0.3) is 0 Å². The molecule has 3 heteroatoms. The molecule has 1 heterocycles. The van der Waals surface area contributed by atoms with Crippen molar-refractivity contribution in [1.29, 1.82) is 0 Å². The van der Waals surface area contributed by atoms with Gasteiger partial charge in [-0.2, -0.15) is 0 Å². The molecule has 0 radical (unpaired) electrons. The van der Waals surface area contributed by atoms with E-state index in [9.17, 15) is 0 Å². The molecule has 0 N–H and O–H groups in total. The Labute approximate surface area is 106 Å². The highest BCUT2D eigenvalue weighted by Crippen LogP contribution is 2.28. The molecule has 0 amide bonds. The largest absolute Gasteiger partial charge is 0.225 e. The van der Waals surface area contributed by atoms with Gasteiger partial charge in [0.1, 0.15) is 18.5 Å². The van der Waals surface area contributed by atoms with Crippen LogP contribution in [0.15, 0.2) is 55.1 Å². The molecule has 3 aromatic rings. The lowest BCUT2D eigenvalue weighted by Crippen LogP contribution is -2.03. The predicted octanol–water partition coefficient (Wildman–Crippen LogP) is 3.18. The van der Waals surface area contributed by atoms with Gasteiger partial charge < -0.3 is 0 Å². The lowest BCUT2D eigenvalue weighted by Gasteiger charge is -2.12. The van der Waals surface area contributed by atoms with Crippen LogP contribution in [-0.2, 0) is 0 Å². The van der Waals surface area contributed by atoms with Crippen molar-refractivity contribution in [2.75, 3.05) is 0 Å². The summed E-state index contributed by atoms with van der Waals surface area (Å²) in [7, 11) is 0. The van der Waals surface area contributed by atoms with Crippen LogP contribution >= 0.6 is 0 Å². The van der Waals surface area contributed by atoms with Gasteiger partial charge in [0.2, 0.25) is 0 Å². The molecule has 0 aliphatic heterocycles. The first kappa shape index (κ1) is 10.8. The Balaban J connectivity index is 2.15. The lowest BCUT2D eigenvalue weighted by atomic mass is 9.94. The molecule has 1 atom stereocenters. The predicted molar refractivity (Wildman–Crippen MR) is 71.3 cm³/mol. The van der Waals surface area contributed by atoms with Crippen molar-refractivity contribution in [2.45, 2.75) is 12.8 Å². The van der Waals surface area contributed by atoms with E-state index in [0.29, 0.717) is 0 Å². The fraction of sp³-hybridized carbons (Fsp3) is 0.133. The van der Waals surface area contributed by atoms with Gasteiger partial charge in [-0.15, -0.1) is 0 Å². The Morgan fingerprint density at radius 3 is 2.44 bits per heavy atom. The Bertz CT molecular complexity index is 659. The zero-order chi connectivity index (χ0) is 12.4. The van der Waals surface area contributed by atoms with Gasteiger partial charge in [0.15, 0.2) is 0 Å². The van der Waals surface area contributed by atoms with Crippen LogP contribution < -0.4 is 0 Å². The number of hydrogen-bond donors (Lipinski definition) is 0. The first-order chi connectivity index (χ1) is 8.86. The Hall–Kier alpha value is -2.29. The van der Waals surface area contributed by atoms with Gasteiger partial charge in [-0.25, -0.2) is 15.0 Å². The highest BCUT2D eigenvalue weighted by Gasteiger charge is 2.13. The van der Waals surface area contributed by atoms with Crippen LogP contribution in [0.2, 0.25) is 0 Å². The summed E-state index contributed by atoms with van der Waals surface area (Å²) >= 11 is 0. The topological polar surface area (TPSA) is 38.7 Å². The third-order valence-electron chi connectivity index (χ3n) is 3.19. The SMILES string of the molecule is CC(c1ncncn1)c1cccc2ccccc12. The lowest BCUT2D eigenvalue weighted by molar-refractivity contribution is 0.801. The molecule has 3 nitrogen and oxygen atoms in total. The molecule has 3 rings (SSSR count).